The molecule has 1 aliphatic rings. The second-order valence-corrected chi connectivity index (χ2v) is 12.7. The summed E-state index contributed by atoms with van der Waals surface area (Å²) in [5.41, 5.74) is 8.80. The van der Waals surface area contributed by atoms with E-state index in [2.05, 4.69) is 110 Å². The van der Waals surface area contributed by atoms with Crippen LogP contribution in [-0.4, -0.2) is 10.8 Å². The van der Waals surface area contributed by atoms with E-state index in [4.69, 9.17) is 4.99 Å². The van der Waals surface area contributed by atoms with Crippen molar-refractivity contribution < 1.29 is 0 Å². The quantitative estimate of drug-likeness (QED) is 0.205. The van der Waals surface area contributed by atoms with Crippen LogP contribution < -0.4 is 0 Å². The van der Waals surface area contributed by atoms with Crippen molar-refractivity contribution in [3.05, 3.63) is 119 Å². The Morgan fingerprint density at radius 1 is 0.900 bits per heavy atom. The molecule has 0 fully saturated rings. The zero-order valence-corrected chi connectivity index (χ0v) is 24.1. The van der Waals surface area contributed by atoms with Crippen molar-refractivity contribution in [2.75, 3.05) is 0 Å². The van der Waals surface area contributed by atoms with Gasteiger partial charge in [-0.3, -0.25) is 0 Å². The molecule has 0 saturated carbocycles. The maximum absolute atomic E-state index is 10.1. The van der Waals surface area contributed by atoms with Gasteiger partial charge in [-0.1, -0.05) is 99.6 Å². The number of nitrogens with zero attached hydrogens (tertiary/aromatic N) is 3. The Kier molecular flexibility index (Phi) is 7.00. The number of benzene rings is 3. The summed E-state index contributed by atoms with van der Waals surface area (Å²) in [7, 11) is 0. The van der Waals surface area contributed by atoms with Crippen molar-refractivity contribution in [3.8, 4) is 34.3 Å². The normalized spacial score (nSPS) is 15.2. The van der Waals surface area contributed by atoms with Crippen LogP contribution in [0, 0.1) is 22.7 Å². The Morgan fingerprint density at radius 2 is 1.52 bits per heavy atom. The van der Waals surface area contributed by atoms with Gasteiger partial charge in [0.25, 0.3) is 0 Å². The van der Waals surface area contributed by atoms with Gasteiger partial charge < -0.3 is 4.57 Å². The smallest absolute Gasteiger partial charge is 0.134 e. The number of hydrogen-bond acceptors (Lipinski definition) is 3. The highest BCUT2D eigenvalue weighted by molar-refractivity contribution is 7.16. The van der Waals surface area contributed by atoms with E-state index in [-0.39, 0.29) is 5.41 Å². The Morgan fingerprint density at radius 3 is 2.15 bits per heavy atom. The molecular formula is C36H33N3S. The number of para-hydroxylation sites is 1. The van der Waals surface area contributed by atoms with E-state index in [9.17, 15) is 5.26 Å². The third-order valence-electron chi connectivity index (χ3n) is 8.07. The van der Waals surface area contributed by atoms with Gasteiger partial charge in [0.1, 0.15) is 11.1 Å². The molecular weight excluding hydrogens is 506 g/mol. The highest BCUT2D eigenvalue weighted by Gasteiger charge is 2.32. The van der Waals surface area contributed by atoms with Gasteiger partial charge in [0.05, 0.1) is 17.0 Å². The third-order valence-corrected chi connectivity index (χ3v) is 9.23. The average molecular weight is 540 g/mol. The number of thiophene rings is 1. The molecule has 0 amide bonds. The maximum atomic E-state index is 10.1. The fraction of sp³-hybridized carbons (Fsp3) is 0.222. The van der Waals surface area contributed by atoms with E-state index >= 15 is 0 Å². The number of hydrogen-bond donors (Lipinski definition) is 0. The Hall–Kier alpha value is -4.20. The fourth-order valence-corrected chi connectivity index (χ4v) is 7.05. The lowest BCUT2D eigenvalue weighted by atomic mass is 9.72. The van der Waals surface area contributed by atoms with Crippen LogP contribution >= 0.6 is 11.3 Å². The fourth-order valence-electron chi connectivity index (χ4n) is 5.83. The van der Waals surface area contributed by atoms with Crippen LogP contribution in [0.15, 0.2) is 102 Å². The minimum absolute atomic E-state index is 0.261. The molecule has 0 bridgehead atoms. The summed E-state index contributed by atoms with van der Waals surface area (Å²) < 4.78 is 2.32. The molecule has 2 heterocycles. The average Bonchev–Trinajstić information content (AvgIpc) is 3.54. The van der Waals surface area contributed by atoms with Crippen molar-refractivity contribution in [1.29, 1.82) is 5.26 Å². The zero-order valence-electron chi connectivity index (χ0n) is 23.3. The van der Waals surface area contributed by atoms with Crippen LogP contribution in [0.4, 0.5) is 5.00 Å². The monoisotopic (exact) mass is 539 g/mol. The first-order valence-corrected chi connectivity index (χ1v) is 14.8. The van der Waals surface area contributed by atoms with Gasteiger partial charge in [-0.25, -0.2) is 4.99 Å². The molecule has 5 aromatic rings. The van der Waals surface area contributed by atoms with Crippen molar-refractivity contribution in [2.45, 2.75) is 40.0 Å². The molecule has 0 radical (unpaired) electrons. The maximum Gasteiger partial charge on any atom is 0.134 e. The molecule has 6 rings (SSSR count). The molecule has 3 aromatic carbocycles. The van der Waals surface area contributed by atoms with Gasteiger partial charge in [-0.05, 0) is 65.5 Å². The lowest BCUT2D eigenvalue weighted by Gasteiger charge is -2.33. The van der Waals surface area contributed by atoms with Crippen LogP contribution in [0.5, 0.6) is 0 Å². The number of aliphatic imine (C=N–C) groups is 1. The van der Waals surface area contributed by atoms with Crippen molar-refractivity contribution in [3.63, 3.8) is 0 Å². The van der Waals surface area contributed by atoms with Crippen molar-refractivity contribution in [2.24, 2.45) is 16.3 Å². The van der Waals surface area contributed by atoms with E-state index in [1.807, 2.05) is 24.4 Å². The highest BCUT2D eigenvalue weighted by atomic mass is 32.1. The SMILES string of the molecule is CC(C)(C)[C@@H]1CCc2c(sc(N=Cc3cc(-c4ccccc4)n(-c4ccccc4)c3-c3ccccc3)c2C#N)C1. The van der Waals surface area contributed by atoms with Gasteiger partial charge in [0.15, 0.2) is 0 Å². The molecule has 2 aromatic heterocycles. The van der Waals surface area contributed by atoms with Gasteiger partial charge >= 0.3 is 0 Å². The second-order valence-electron chi connectivity index (χ2n) is 11.6. The molecule has 4 heteroatoms. The lowest BCUT2D eigenvalue weighted by molar-refractivity contribution is 0.218. The van der Waals surface area contributed by atoms with Crippen molar-refractivity contribution >= 4 is 22.6 Å². The minimum atomic E-state index is 0.261. The Balaban J connectivity index is 1.51. The highest BCUT2D eigenvalue weighted by Crippen LogP contribution is 2.45. The molecule has 0 aliphatic heterocycles. The van der Waals surface area contributed by atoms with Gasteiger partial charge in [0, 0.05) is 22.3 Å². The predicted molar refractivity (Wildman–Crippen MR) is 168 cm³/mol. The van der Waals surface area contributed by atoms with E-state index < -0.39 is 0 Å². The molecule has 0 unspecified atom stereocenters. The van der Waals surface area contributed by atoms with E-state index in [1.165, 1.54) is 10.4 Å². The van der Waals surface area contributed by atoms with E-state index in [0.29, 0.717) is 5.92 Å². The van der Waals surface area contributed by atoms with Crippen LogP contribution in [0.25, 0.3) is 28.2 Å². The lowest BCUT2D eigenvalue weighted by Crippen LogP contribution is -2.26. The number of nitriles is 1. The summed E-state index contributed by atoms with van der Waals surface area (Å²) in [6.07, 6.45) is 5.09. The van der Waals surface area contributed by atoms with Crippen LogP contribution in [-0.2, 0) is 12.8 Å². The summed E-state index contributed by atoms with van der Waals surface area (Å²) in [4.78, 5) is 6.36. The van der Waals surface area contributed by atoms with Gasteiger partial charge in [0.2, 0.25) is 0 Å². The van der Waals surface area contributed by atoms with Gasteiger partial charge in [-0.15, -0.1) is 11.3 Å². The molecule has 3 nitrogen and oxygen atoms in total. The van der Waals surface area contributed by atoms with E-state index in [0.717, 1.165) is 63.6 Å². The topological polar surface area (TPSA) is 41.1 Å². The molecule has 1 atom stereocenters. The summed E-state index contributed by atoms with van der Waals surface area (Å²) in [5.74, 6) is 0.625. The number of aromatic nitrogens is 1. The standard InChI is InChI=1S/C36H33N3S/c1-36(2,3)28-19-20-30-31(23-37)35(40-33(30)22-28)38-24-27-21-32(25-13-7-4-8-14-25)39(29-17-11-6-12-18-29)34(27)26-15-9-5-10-16-26/h4-18,21,24,28H,19-20,22H2,1-3H3/t28-/m1/s1. The number of rotatable bonds is 5. The molecule has 0 N–H and O–H groups in total. The van der Waals surface area contributed by atoms with E-state index in [1.54, 1.807) is 11.3 Å². The molecule has 1 aliphatic carbocycles. The molecule has 0 saturated heterocycles. The summed E-state index contributed by atoms with van der Waals surface area (Å²) in [5, 5.41) is 11.0. The first-order valence-electron chi connectivity index (χ1n) is 13.9. The van der Waals surface area contributed by atoms with Crippen molar-refractivity contribution in [1.82, 2.24) is 4.57 Å². The molecule has 40 heavy (non-hydrogen) atoms. The molecule has 198 valence electrons. The summed E-state index contributed by atoms with van der Waals surface area (Å²) >= 11 is 1.70. The minimum Gasteiger partial charge on any atom is -0.309 e. The zero-order chi connectivity index (χ0) is 27.7. The Bertz CT molecular complexity index is 1700. The van der Waals surface area contributed by atoms with Crippen LogP contribution in [0.3, 0.4) is 0 Å². The first kappa shape index (κ1) is 26.0. The predicted octanol–water partition coefficient (Wildman–Crippen LogP) is 9.65. The summed E-state index contributed by atoms with van der Waals surface area (Å²) in [6.45, 7) is 6.98. The van der Waals surface area contributed by atoms with Crippen LogP contribution in [0.2, 0.25) is 0 Å². The Labute approximate surface area is 241 Å². The van der Waals surface area contributed by atoms with Crippen LogP contribution in [0.1, 0.15) is 48.8 Å². The third kappa shape index (κ3) is 4.94. The van der Waals surface area contributed by atoms with Gasteiger partial charge in [-0.2, -0.15) is 5.26 Å². The number of fused-ring (bicyclic) bond motifs is 1. The second kappa shape index (κ2) is 10.8. The summed E-state index contributed by atoms with van der Waals surface area (Å²) in [6, 6.07) is 36.2. The molecule has 0 spiro atoms. The first-order chi connectivity index (χ1) is 19.4. The largest absolute Gasteiger partial charge is 0.309 e.